The van der Waals surface area contributed by atoms with Crippen molar-refractivity contribution >= 4 is 5.91 Å². The van der Waals surface area contributed by atoms with E-state index in [1.54, 1.807) is 17.0 Å². The second kappa shape index (κ2) is 3.38. The van der Waals surface area contributed by atoms with Crippen LogP contribution in [0.1, 0.15) is 29.7 Å². The predicted molar refractivity (Wildman–Crippen MR) is 56.6 cm³/mol. The maximum Gasteiger partial charge on any atom is 0.289 e. The van der Waals surface area contributed by atoms with Crippen LogP contribution in [-0.2, 0) is 0 Å². The lowest BCUT2D eigenvalue weighted by Crippen LogP contribution is -2.68. The molecule has 4 heteroatoms. The third-order valence-electron chi connectivity index (χ3n) is 2.95. The molecule has 1 aromatic heterocycles. The molecule has 0 spiro atoms. The average Bonchev–Trinajstić information content (AvgIpc) is 2.59. The van der Waals surface area contributed by atoms with Crippen molar-refractivity contribution in [3.8, 4) is 0 Å². The van der Waals surface area contributed by atoms with Gasteiger partial charge in [0.25, 0.3) is 5.91 Å². The van der Waals surface area contributed by atoms with E-state index < -0.39 is 0 Å². The van der Waals surface area contributed by atoms with Crippen LogP contribution in [0.2, 0.25) is 0 Å². The topological polar surface area (TPSA) is 59.5 Å². The molecule has 0 radical (unpaired) electrons. The number of hydrogen-bond donors (Lipinski definition) is 1. The fourth-order valence-corrected chi connectivity index (χ4v) is 1.79. The van der Waals surface area contributed by atoms with Gasteiger partial charge in [-0.2, -0.15) is 0 Å². The van der Waals surface area contributed by atoms with Crippen molar-refractivity contribution in [2.45, 2.75) is 25.8 Å². The second-order valence-electron chi connectivity index (χ2n) is 4.29. The molecule has 1 aliphatic heterocycles. The van der Waals surface area contributed by atoms with Crippen LogP contribution in [0.15, 0.2) is 16.5 Å². The predicted octanol–water partition coefficient (Wildman–Crippen LogP) is 1.15. The minimum Gasteiger partial charge on any atom is -0.456 e. The molecule has 82 valence electrons. The average molecular weight is 208 g/mol. The van der Waals surface area contributed by atoms with Gasteiger partial charge in [0, 0.05) is 13.1 Å². The summed E-state index contributed by atoms with van der Waals surface area (Å²) in [5.74, 6) is 1.11. The molecule has 0 saturated carbocycles. The van der Waals surface area contributed by atoms with Gasteiger partial charge >= 0.3 is 0 Å². The van der Waals surface area contributed by atoms with Gasteiger partial charge in [0.15, 0.2) is 5.76 Å². The first-order valence-electron chi connectivity index (χ1n) is 5.19. The minimum absolute atomic E-state index is 0.0578. The zero-order chi connectivity index (χ0) is 11.1. The normalized spacial score (nSPS) is 18.7. The van der Waals surface area contributed by atoms with E-state index >= 15 is 0 Å². The van der Waals surface area contributed by atoms with Crippen LogP contribution in [0.5, 0.6) is 0 Å². The highest BCUT2D eigenvalue weighted by atomic mass is 16.3. The van der Waals surface area contributed by atoms with Gasteiger partial charge in [0.1, 0.15) is 5.76 Å². The van der Waals surface area contributed by atoms with Gasteiger partial charge in [0.05, 0.1) is 5.54 Å². The van der Waals surface area contributed by atoms with Gasteiger partial charge in [0.2, 0.25) is 0 Å². The summed E-state index contributed by atoms with van der Waals surface area (Å²) in [6, 6.07) is 3.50. The van der Waals surface area contributed by atoms with Crippen LogP contribution in [0.4, 0.5) is 0 Å². The minimum atomic E-state index is -0.183. The van der Waals surface area contributed by atoms with E-state index in [2.05, 4.69) is 0 Å². The van der Waals surface area contributed by atoms with Crippen LogP contribution in [0.3, 0.4) is 0 Å². The molecule has 2 rings (SSSR count). The molecular formula is C11H16N2O2. The van der Waals surface area contributed by atoms with E-state index in [1.165, 1.54) is 0 Å². The molecule has 2 N–H and O–H groups in total. The standard InChI is InChI=1S/C11H16N2O2/c1-3-11(12)6-13(7-11)10(14)9-5-4-8(2)15-9/h4-5H,3,6-7,12H2,1-2H3. The first-order chi connectivity index (χ1) is 7.04. The molecule has 15 heavy (non-hydrogen) atoms. The van der Waals surface area contributed by atoms with Crippen molar-refractivity contribution in [1.82, 2.24) is 4.90 Å². The summed E-state index contributed by atoms with van der Waals surface area (Å²) in [6.45, 7) is 5.12. The van der Waals surface area contributed by atoms with Crippen LogP contribution in [0.25, 0.3) is 0 Å². The summed E-state index contributed by atoms with van der Waals surface area (Å²) < 4.78 is 5.27. The second-order valence-corrected chi connectivity index (χ2v) is 4.29. The van der Waals surface area contributed by atoms with Gasteiger partial charge in [-0.1, -0.05) is 6.92 Å². The SMILES string of the molecule is CCC1(N)CN(C(=O)c2ccc(C)o2)C1. The molecule has 1 saturated heterocycles. The number of carbonyl (C=O) groups excluding carboxylic acids is 1. The number of amides is 1. The number of hydrogen-bond acceptors (Lipinski definition) is 3. The molecule has 0 aliphatic carbocycles. The molecule has 0 bridgehead atoms. The number of carbonyl (C=O) groups is 1. The lowest BCUT2D eigenvalue weighted by Gasteiger charge is -2.46. The van der Waals surface area contributed by atoms with Gasteiger partial charge in [-0.25, -0.2) is 0 Å². The van der Waals surface area contributed by atoms with Gasteiger partial charge in [-0.05, 0) is 25.5 Å². The number of rotatable bonds is 2. The van der Waals surface area contributed by atoms with Gasteiger partial charge in [-0.3, -0.25) is 4.79 Å². The number of nitrogens with zero attached hydrogens (tertiary/aromatic N) is 1. The largest absolute Gasteiger partial charge is 0.456 e. The van der Waals surface area contributed by atoms with Crippen LogP contribution < -0.4 is 5.73 Å². The molecule has 1 amide bonds. The van der Waals surface area contributed by atoms with Crippen molar-refractivity contribution in [3.05, 3.63) is 23.7 Å². The maximum atomic E-state index is 11.8. The Hall–Kier alpha value is -1.29. The molecule has 1 aliphatic rings. The van der Waals surface area contributed by atoms with Crippen LogP contribution in [-0.4, -0.2) is 29.4 Å². The fraction of sp³-hybridized carbons (Fsp3) is 0.545. The Kier molecular flexibility index (Phi) is 2.31. The lowest BCUT2D eigenvalue weighted by atomic mass is 9.88. The van der Waals surface area contributed by atoms with E-state index in [9.17, 15) is 4.79 Å². The molecule has 2 heterocycles. The summed E-state index contributed by atoms with van der Waals surface area (Å²) in [5, 5.41) is 0. The molecule has 0 aromatic carbocycles. The van der Waals surface area contributed by atoms with E-state index in [1.807, 2.05) is 13.8 Å². The number of likely N-dealkylation sites (tertiary alicyclic amines) is 1. The van der Waals surface area contributed by atoms with Gasteiger partial charge in [-0.15, -0.1) is 0 Å². The highest BCUT2D eigenvalue weighted by molar-refractivity contribution is 5.92. The summed E-state index contributed by atoms with van der Waals surface area (Å²) in [4.78, 5) is 13.5. The van der Waals surface area contributed by atoms with E-state index in [0.717, 1.165) is 12.2 Å². The first kappa shape index (κ1) is 10.2. The highest BCUT2D eigenvalue weighted by Gasteiger charge is 2.41. The highest BCUT2D eigenvalue weighted by Crippen LogP contribution is 2.23. The van der Waals surface area contributed by atoms with E-state index in [0.29, 0.717) is 18.8 Å². The molecule has 1 aromatic rings. The summed E-state index contributed by atoms with van der Waals surface area (Å²) in [7, 11) is 0. The number of nitrogens with two attached hydrogens (primary N) is 1. The van der Waals surface area contributed by atoms with Crippen molar-refractivity contribution in [2.75, 3.05) is 13.1 Å². The van der Waals surface area contributed by atoms with Crippen LogP contribution >= 0.6 is 0 Å². The Morgan fingerprint density at radius 3 is 2.73 bits per heavy atom. The molecule has 0 atom stereocenters. The van der Waals surface area contributed by atoms with Crippen molar-refractivity contribution < 1.29 is 9.21 Å². The summed E-state index contributed by atoms with van der Waals surface area (Å²) in [5.41, 5.74) is 5.81. The number of furan rings is 1. The molecular weight excluding hydrogens is 192 g/mol. The molecule has 4 nitrogen and oxygen atoms in total. The van der Waals surface area contributed by atoms with Crippen molar-refractivity contribution in [3.63, 3.8) is 0 Å². The quantitative estimate of drug-likeness (QED) is 0.793. The Morgan fingerprint density at radius 1 is 1.60 bits per heavy atom. The monoisotopic (exact) mass is 208 g/mol. The Balaban J connectivity index is 2.00. The summed E-state index contributed by atoms with van der Waals surface area (Å²) >= 11 is 0. The van der Waals surface area contributed by atoms with Gasteiger partial charge < -0.3 is 15.1 Å². The van der Waals surface area contributed by atoms with E-state index in [4.69, 9.17) is 10.2 Å². The zero-order valence-electron chi connectivity index (χ0n) is 9.12. The number of aryl methyl sites for hydroxylation is 1. The van der Waals surface area contributed by atoms with E-state index in [-0.39, 0.29) is 11.4 Å². The first-order valence-corrected chi connectivity index (χ1v) is 5.19. The Bertz CT molecular complexity index is 378. The smallest absolute Gasteiger partial charge is 0.289 e. The van der Waals surface area contributed by atoms with Crippen molar-refractivity contribution in [2.24, 2.45) is 5.73 Å². The summed E-state index contributed by atoms with van der Waals surface area (Å²) in [6.07, 6.45) is 0.897. The Labute approximate surface area is 89.0 Å². The Morgan fingerprint density at radius 2 is 2.27 bits per heavy atom. The molecule has 1 fully saturated rings. The zero-order valence-corrected chi connectivity index (χ0v) is 9.12. The third kappa shape index (κ3) is 1.77. The lowest BCUT2D eigenvalue weighted by molar-refractivity contribution is 0.0370. The van der Waals surface area contributed by atoms with Crippen molar-refractivity contribution in [1.29, 1.82) is 0 Å². The maximum absolute atomic E-state index is 11.8. The third-order valence-corrected chi connectivity index (χ3v) is 2.95. The fourth-order valence-electron chi connectivity index (χ4n) is 1.79. The molecule has 0 unspecified atom stereocenters. The van der Waals surface area contributed by atoms with Crippen LogP contribution in [0, 0.1) is 6.92 Å².